The summed E-state index contributed by atoms with van der Waals surface area (Å²) < 4.78 is 10.8. The van der Waals surface area contributed by atoms with Crippen LogP contribution in [0.5, 0.6) is 5.75 Å². The van der Waals surface area contributed by atoms with E-state index >= 15 is 0 Å². The molecule has 0 amide bonds. The van der Waals surface area contributed by atoms with E-state index in [2.05, 4.69) is 10.1 Å². The average molecular weight is 308 g/mol. The number of nitrogens with zero attached hydrogens (tertiary/aromatic N) is 2. The molecule has 23 heavy (non-hydrogen) atoms. The topological polar surface area (TPSA) is 65.2 Å². The minimum atomic E-state index is 0.112. The first-order chi connectivity index (χ1) is 11.3. The molecule has 0 radical (unpaired) electrons. The van der Waals surface area contributed by atoms with Gasteiger partial charge in [-0.2, -0.15) is 4.98 Å². The molecule has 116 valence electrons. The Hall–Kier alpha value is -2.95. The number of ketones is 1. The van der Waals surface area contributed by atoms with Crippen LogP contribution in [0.15, 0.2) is 59.1 Å². The highest BCUT2D eigenvalue weighted by atomic mass is 16.5. The van der Waals surface area contributed by atoms with Crippen LogP contribution in [-0.4, -0.2) is 15.9 Å². The number of ether oxygens (including phenoxy) is 1. The molecule has 0 saturated heterocycles. The highest BCUT2D eigenvalue weighted by Gasteiger charge is 2.09. The van der Waals surface area contributed by atoms with E-state index in [0.717, 1.165) is 5.56 Å². The molecule has 0 unspecified atom stereocenters. The average Bonchev–Trinajstić information content (AvgIpc) is 3.09. The summed E-state index contributed by atoms with van der Waals surface area (Å²) in [4.78, 5) is 15.9. The summed E-state index contributed by atoms with van der Waals surface area (Å²) in [6.07, 6.45) is 0.491. The molecule has 2 aromatic carbocycles. The van der Waals surface area contributed by atoms with Crippen LogP contribution in [0.25, 0.3) is 11.4 Å². The third-order valence-electron chi connectivity index (χ3n) is 3.36. The van der Waals surface area contributed by atoms with Crippen LogP contribution in [-0.2, 0) is 6.61 Å². The molecule has 0 saturated carbocycles. The van der Waals surface area contributed by atoms with Gasteiger partial charge in [-0.05, 0) is 24.3 Å². The fourth-order valence-electron chi connectivity index (χ4n) is 2.10. The monoisotopic (exact) mass is 308 g/mol. The zero-order valence-corrected chi connectivity index (χ0v) is 12.7. The molecule has 0 aliphatic heterocycles. The Morgan fingerprint density at radius 3 is 2.52 bits per heavy atom. The maximum Gasteiger partial charge on any atom is 0.264 e. The number of rotatable bonds is 6. The van der Waals surface area contributed by atoms with Crippen molar-refractivity contribution in [3.63, 3.8) is 0 Å². The van der Waals surface area contributed by atoms with Crippen molar-refractivity contribution >= 4 is 5.78 Å². The van der Waals surface area contributed by atoms with Crippen molar-refractivity contribution < 1.29 is 14.1 Å². The van der Waals surface area contributed by atoms with E-state index in [1.807, 2.05) is 37.3 Å². The minimum Gasteiger partial charge on any atom is -0.484 e. The lowest BCUT2D eigenvalue weighted by Gasteiger charge is -2.04. The minimum absolute atomic E-state index is 0.112. The second-order valence-corrected chi connectivity index (χ2v) is 4.97. The Morgan fingerprint density at radius 2 is 1.83 bits per heavy atom. The second-order valence-electron chi connectivity index (χ2n) is 4.97. The Morgan fingerprint density at radius 1 is 1.09 bits per heavy atom. The third-order valence-corrected chi connectivity index (χ3v) is 3.36. The van der Waals surface area contributed by atoms with Gasteiger partial charge in [0.2, 0.25) is 5.82 Å². The van der Waals surface area contributed by atoms with Crippen molar-refractivity contribution in [1.29, 1.82) is 0 Å². The Labute approximate surface area is 133 Å². The molecular weight excluding hydrogens is 292 g/mol. The van der Waals surface area contributed by atoms with Gasteiger partial charge in [-0.25, -0.2) is 0 Å². The van der Waals surface area contributed by atoms with Gasteiger partial charge in [0.1, 0.15) is 5.75 Å². The first-order valence-electron chi connectivity index (χ1n) is 7.40. The van der Waals surface area contributed by atoms with Gasteiger partial charge in [-0.3, -0.25) is 4.79 Å². The van der Waals surface area contributed by atoms with Crippen LogP contribution >= 0.6 is 0 Å². The van der Waals surface area contributed by atoms with Gasteiger partial charge in [0, 0.05) is 17.5 Å². The van der Waals surface area contributed by atoms with E-state index in [1.54, 1.807) is 24.3 Å². The lowest BCUT2D eigenvalue weighted by Crippen LogP contribution is -1.98. The van der Waals surface area contributed by atoms with Gasteiger partial charge in [-0.15, -0.1) is 0 Å². The van der Waals surface area contributed by atoms with E-state index in [1.165, 1.54) is 0 Å². The second kappa shape index (κ2) is 6.87. The Bertz CT molecular complexity index is 780. The highest BCUT2D eigenvalue weighted by Crippen LogP contribution is 2.17. The molecule has 0 aliphatic rings. The maximum absolute atomic E-state index is 11.6. The summed E-state index contributed by atoms with van der Waals surface area (Å²) in [5, 5.41) is 3.94. The summed E-state index contributed by atoms with van der Waals surface area (Å²) in [6.45, 7) is 2.02. The van der Waals surface area contributed by atoms with Crippen LogP contribution in [0.2, 0.25) is 0 Å². The predicted octanol–water partition coefficient (Wildman–Crippen LogP) is 3.91. The SMILES string of the molecule is CCC(=O)c1ccc(OCc2nc(-c3ccccc3)no2)cc1. The van der Waals surface area contributed by atoms with Gasteiger partial charge in [-0.1, -0.05) is 42.4 Å². The van der Waals surface area contributed by atoms with E-state index in [9.17, 15) is 4.79 Å². The van der Waals surface area contributed by atoms with Crippen LogP contribution in [0.1, 0.15) is 29.6 Å². The quantitative estimate of drug-likeness (QED) is 0.646. The molecule has 0 N–H and O–H groups in total. The highest BCUT2D eigenvalue weighted by molar-refractivity contribution is 5.95. The van der Waals surface area contributed by atoms with Gasteiger partial charge in [0.15, 0.2) is 12.4 Å². The molecular formula is C18H16N2O3. The first-order valence-corrected chi connectivity index (χ1v) is 7.40. The molecule has 3 rings (SSSR count). The van der Waals surface area contributed by atoms with Crippen molar-refractivity contribution in [2.45, 2.75) is 20.0 Å². The zero-order chi connectivity index (χ0) is 16.1. The number of carbonyl (C=O) groups excluding carboxylic acids is 1. The molecule has 5 nitrogen and oxygen atoms in total. The van der Waals surface area contributed by atoms with E-state index in [-0.39, 0.29) is 12.4 Å². The van der Waals surface area contributed by atoms with Gasteiger partial charge in [0.25, 0.3) is 5.89 Å². The van der Waals surface area contributed by atoms with Crippen LogP contribution < -0.4 is 4.74 Å². The van der Waals surface area contributed by atoms with Crippen molar-refractivity contribution in [3.05, 3.63) is 66.1 Å². The summed E-state index contributed by atoms with van der Waals surface area (Å²) in [5.41, 5.74) is 1.58. The fraction of sp³-hybridized carbons (Fsp3) is 0.167. The molecule has 0 aliphatic carbocycles. The lowest BCUT2D eigenvalue weighted by atomic mass is 10.1. The number of benzene rings is 2. The van der Waals surface area contributed by atoms with Gasteiger partial charge in [0.05, 0.1) is 0 Å². The lowest BCUT2D eigenvalue weighted by molar-refractivity contribution is 0.0988. The molecule has 5 heteroatoms. The number of carbonyl (C=O) groups is 1. The summed E-state index contributed by atoms with van der Waals surface area (Å²) >= 11 is 0. The smallest absolute Gasteiger partial charge is 0.264 e. The standard InChI is InChI=1S/C18H16N2O3/c1-2-16(21)13-8-10-15(11-9-13)22-12-17-19-18(20-23-17)14-6-4-3-5-7-14/h3-11H,2,12H2,1H3. The normalized spacial score (nSPS) is 10.5. The van der Waals surface area contributed by atoms with E-state index in [0.29, 0.717) is 29.4 Å². The largest absolute Gasteiger partial charge is 0.484 e. The molecule has 1 aromatic heterocycles. The van der Waals surface area contributed by atoms with Crippen LogP contribution in [0.3, 0.4) is 0 Å². The molecule has 0 atom stereocenters. The van der Waals surface area contributed by atoms with Crippen molar-refractivity contribution in [2.24, 2.45) is 0 Å². The number of aromatic nitrogens is 2. The number of hydrogen-bond donors (Lipinski definition) is 0. The van der Waals surface area contributed by atoms with Crippen LogP contribution in [0, 0.1) is 0 Å². The number of hydrogen-bond acceptors (Lipinski definition) is 5. The Balaban J connectivity index is 1.63. The van der Waals surface area contributed by atoms with Gasteiger partial charge < -0.3 is 9.26 Å². The summed E-state index contributed by atoms with van der Waals surface area (Å²) in [6, 6.07) is 16.6. The number of Topliss-reactive ketones (excluding diaryl/α,β-unsaturated/α-hetero) is 1. The molecule has 1 heterocycles. The van der Waals surface area contributed by atoms with Crippen molar-refractivity contribution in [2.75, 3.05) is 0 Å². The molecule has 0 spiro atoms. The summed E-state index contributed by atoms with van der Waals surface area (Å²) in [5.74, 6) is 1.70. The molecule has 0 fully saturated rings. The first kappa shape index (κ1) is 15.0. The molecule has 0 bridgehead atoms. The van der Waals surface area contributed by atoms with E-state index < -0.39 is 0 Å². The van der Waals surface area contributed by atoms with Crippen LogP contribution in [0.4, 0.5) is 0 Å². The van der Waals surface area contributed by atoms with E-state index in [4.69, 9.17) is 9.26 Å². The van der Waals surface area contributed by atoms with Crippen molar-refractivity contribution in [1.82, 2.24) is 10.1 Å². The Kier molecular flexibility index (Phi) is 4.47. The third kappa shape index (κ3) is 3.63. The molecule has 3 aromatic rings. The van der Waals surface area contributed by atoms with Crippen molar-refractivity contribution in [3.8, 4) is 17.1 Å². The van der Waals surface area contributed by atoms with Gasteiger partial charge >= 0.3 is 0 Å². The zero-order valence-electron chi connectivity index (χ0n) is 12.7. The fourth-order valence-corrected chi connectivity index (χ4v) is 2.10. The predicted molar refractivity (Wildman–Crippen MR) is 85.1 cm³/mol. The maximum atomic E-state index is 11.6. The summed E-state index contributed by atoms with van der Waals surface area (Å²) in [7, 11) is 0.